The Morgan fingerprint density at radius 2 is 2.20 bits per heavy atom. The lowest BCUT2D eigenvalue weighted by Gasteiger charge is -2.10. The molecule has 1 N–H and O–H groups in total. The molecule has 0 atom stereocenters. The number of benzene rings is 1. The molecule has 2 rings (SSSR count). The minimum atomic E-state index is 0.617. The number of pyridine rings is 1. The van der Waals surface area contributed by atoms with Gasteiger partial charge < -0.3 is 10.1 Å². The Balaban J connectivity index is 2.23. The third-order valence-electron chi connectivity index (χ3n) is 3.05. The summed E-state index contributed by atoms with van der Waals surface area (Å²) in [5.74, 6) is 0.721. The number of nitrogens with one attached hydrogen (secondary N) is 1. The predicted octanol–water partition coefficient (Wildman–Crippen LogP) is 3.69. The van der Waals surface area contributed by atoms with Crippen LogP contribution < -0.4 is 10.1 Å². The minimum Gasteiger partial charge on any atom is -0.477 e. The monoisotopic (exact) mass is 270 g/mol. The maximum atomic E-state index is 5.80. The zero-order valence-electron chi connectivity index (χ0n) is 12.1. The van der Waals surface area contributed by atoms with Gasteiger partial charge in [0, 0.05) is 11.9 Å². The van der Waals surface area contributed by atoms with E-state index < -0.39 is 0 Å². The molecule has 0 aliphatic heterocycles. The van der Waals surface area contributed by atoms with Gasteiger partial charge in [0.1, 0.15) is 0 Å². The van der Waals surface area contributed by atoms with Crippen LogP contribution in [0.3, 0.4) is 0 Å². The van der Waals surface area contributed by atoms with Gasteiger partial charge in [0.15, 0.2) is 0 Å². The molecule has 0 saturated heterocycles. The quantitative estimate of drug-likeness (QED) is 0.587. The molecule has 0 spiro atoms. The number of hydrogen-bond acceptors (Lipinski definition) is 3. The number of rotatable bonds is 8. The van der Waals surface area contributed by atoms with Crippen LogP contribution >= 0.6 is 0 Å². The van der Waals surface area contributed by atoms with E-state index in [-0.39, 0.29) is 0 Å². The van der Waals surface area contributed by atoms with Crippen LogP contribution in [0.2, 0.25) is 0 Å². The largest absolute Gasteiger partial charge is 0.477 e. The summed E-state index contributed by atoms with van der Waals surface area (Å²) in [7, 11) is 0. The highest BCUT2D eigenvalue weighted by molar-refractivity contribution is 5.87. The van der Waals surface area contributed by atoms with Gasteiger partial charge in [-0.05, 0) is 36.9 Å². The van der Waals surface area contributed by atoms with Crippen LogP contribution in [0, 0.1) is 0 Å². The van der Waals surface area contributed by atoms with Crippen LogP contribution in [0.4, 0.5) is 0 Å². The lowest BCUT2D eigenvalue weighted by molar-refractivity contribution is 0.315. The Labute approximate surface area is 120 Å². The van der Waals surface area contributed by atoms with Gasteiger partial charge in [-0.25, -0.2) is 4.98 Å². The molecule has 3 nitrogen and oxygen atoms in total. The second-order valence-electron chi connectivity index (χ2n) is 4.74. The first-order chi connectivity index (χ1) is 9.85. The number of fused-ring (bicyclic) bond motifs is 1. The number of nitrogens with zero attached hydrogens (tertiary/aromatic N) is 1. The summed E-state index contributed by atoms with van der Waals surface area (Å²) in [4.78, 5) is 4.63. The van der Waals surface area contributed by atoms with Crippen molar-refractivity contribution in [2.24, 2.45) is 0 Å². The van der Waals surface area contributed by atoms with Crippen molar-refractivity contribution in [3.8, 4) is 5.88 Å². The van der Waals surface area contributed by atoms with Crippen molar-refractivity contribution in [1.29, 1.82) is 0 Å². The first kappa shape index (κ1) is 14.5. The zero-order valence-corrected chi connectivity index (χ0v) is 12.1. The molecule has 20 heavy (non-hydrogen) atoms. The molecule has 0 bridgehead atoms. The standard InChI is InChI=1S/C17H22N2O/c1-3-5-11-20-17-16-9-7-6-8-14(16)12-15(19-17)13-18-10-4-2/h3,6-9,12,18H,1,4-5,10-11,13H2,2H3. The molecule has 106 valence electrons. The summed E-state index contributed by atoms with van der Waals surface area (Å²) in [6.45, 7) is 8.26. The van der Waals surface area contributed by atoms with Gasteiger partial charge in [-0.15, -0.1) is 6.58 Å². The molecule has 0 unspecified atom stereocenters. The van der Waals surface area contributed by atoms with E-state index >= 15 is 0 Å². The summed E-state index contributed by atoms with van der Waals surface area (Å²) in [5.41, 5.74) is 1.02. The van der Waals surface area contributed by atoms with Crippen molar-refractivity contribution in [3.63, 3.8) is 0 Å². The normalized spacial score (nSPS) is 10.7. The van der Waals surface area contributed by atoms with Crippen LogP contribution in [0.1, 0.15) is 25.5 Å². The fourth-order valence-corrected chi connectivity index (χ4v) is 2.05. The highest BCUT2D eigenvalue weighted by Gasteiger charge is 2.06. The van der Waals surface area contributed by atoms with E-state index in [4.69, 9.17) is 4.74 Å². The van der Waals surface area contributed by atoms with Crippen molar-refractivity contribution in [2.45, 2.75) is 26.3 Å². The highest BCUT2D eigenvalue weighted by Crippen LogP contribution is 2.24. The molecule has 1 aromatic heterocycles. The van der Waals surface area contributed by atoms with E-state index in [0.717, 1.165) is 42.9 Å². The smallest absolute Gasteiger partial charge is 0.221 e. The van der Waals surface area contributed by atoms with E-state index in [1.165, 1.54) is 5.39 Å². The number of hydrogen-bond donors (Lipinski definition) is 1. The number of aromatic nitrogens is 1. The Hall–Kier alpha value is -1.87. The summed E-state index contributed by atoms with van der Waals surface area (Å²) in [5, 5.41) is 5.61. The van der Waals surface area contributed by atoms with Crippen LogP contribution in [0.5, 0.6) is 5.88 Å². The van der Waals surface area contributed by atoms with Crippen molar-refractivity contribution in [3.05, 3.63) is 48.7 Å². The Bertz CT molecular complexity index is 566. The van der Waals surface area contributed by atoms with Crippen LogP contribution in [-0.4, -0.2) is 18.1 Å². The average Bonchev–Trinajstić information content (AvgIpc) is 2.48. The highest BCUT2D eigenvalue weighted by atomic mass is 16.5. The molecule has 3 heteroatoms. The van der Waals surface area contributed by atoms with E-state index in [1.54, 1.807) is 0 Å². The lowest BCUT2D eigenvalue weighted by Crippen LogP contribution is -2.15. The maximum Gasteiger partial charge on any atom is 0.221 e. The minimum absolute atomic E-state index is 0.617. The predicted molar refractivity (Wildman–Crippen MR) is 84.0 cm³/mol. The second-order valence-corrected chi connectivity index (χ2v) is 4.74. The van der Waals surface area contributed by atoms with Gasteiger partial charge >= 0.3 is 0 Å². The maximum absolute atomic E-state index is 5.80. The molecule has 2 aromatic rings. The average molecular weight is 270 g/mol. The molecular weight excluding hydrogens is 248 g/mol. The van der Waals surface area contributed by atoms with Crippen molar-refractivity contribution in [2.75, 3.05) is 13.2 Å². The summed E-state index contributed by atoms with van der Waals surface area (Å²) in [6.07, 6.45) is 3.80. The van der Waals surface area contributed by atoms with Crippen LogP contribution in [-0.2, 0) is 6.54 Å². The molecule has 1 aromatic carbocycles. The molecule has 0 saturated carbocycles. The molecule has 0 aliphatic carbocycles. The first-order valence-electron chi connectivity index (χ1n) is 7.18. The fourth-order valence-electron chi connectivity index (χ4n) is 2.05. The molecule has 0 fully saturated rings. The molecule has 0 radical (unpaired) electrons. The summed E-state index contributed by atoms with van der Waals surface area (Å²) >= 11 is 0. The van der Waals surface area contributed by atoms with Crippen molar-refractivity contribution in [1.82, 2.24) is 10.3 Å². The third-order valence-corrected chi connectivity index (χ3v) is 3.05. The van der Waals surface area contributed by atoms with E-state index in [9.17, 15) is 0 Å². The fraction of sp³-hybridized carbons (Fsp3) is 0.353. The topological polar surface area (TPSA) is 34.1 Å². The third kappa shape index (κ3) is 3.81. The van der Waals surface area contributed by atoms with Gasteiger partial charge in [0.05, 0.1) is 12.3 Å². The van der Waals surface area contributed by atoms with Crippen molar-refractivity contribution >= 4 is 10.8 Å². The second kappa shape index (κ2) is 7.65. The van der Waals surface area contributed by atoms with Crippen LogP contribution in [0.25, 0.3) is 10.8 Å². The first-order valence-corrected chi connectivity index (χ1v) is 7.18. The lowest BCUT2D eigenvalue weighted by atomic mass is 10.1. The van der Waals surface area contributed by atoms with Gasteiger partial charge in [-0.1, -0.05) is 31.2 Å². The SMILES string of the molecule is C=CCCOc1nc(CNCCC)cc2ccccc12. The van der Waals surface area contributed by atoms with Gasteiger partial charge in [-0.3, -0.25) is 0 Å². The summed E-state index contributed by atoms with van der Waals surface area (Å²) in [6, 6.07) is 10.3. The Morgan fingerprint density at radius 1 is 1.35 bits per heavy atom. The Morgan fingerprint density at radius 3 is 3.00 bits per heavy atom. The van der Waals surface area contributed by atoms with Crippen molar-refractivity contribution < 1.29 is 4.74 Å². The Kier molecular flexibility index (Phi) is 5.56. The molecule has 1 heterocycles. The number of ether oxygens (including phenoxy) is 1. The van der Waals surface area contributed by atoms with Gasteiger partial charge in [0.2, 0.25) is 5.88 Å². The van der Waals surface area contributed by atoms with E-state index in [1.807, 2.05) is 18.2 Å². The molecule has 0 amide bonds. The molecular formula is C17H22N2O. The van der Waals surface area contributed by atoms with Gasteiger partial charge in [0.25, 0.3) is 0 Å². The summed E-state index contributed by atoms with van der Waals surface area (Å²) < 4.78 is 5.80. The zero-order chi connectivity index (χ0) is 14.2. The van der Waals surface area contributed by atoms with Crippen LogP contribution in [0.15, 0.2) is 43.0 Å². The molecule has 0 aliphatic rings. The van der Waals surface area contributed by atoms with E-state index in [0.29, 0.717) is 6.61 Å². The van der Waals surface area contributed by atoms with Gasteiger partial charge in [-0.2, -0.15) is 0 Å². The van der Waals surface area contributed by atoms with E-state index in [2.05, 4.69) is 42.0 Å².